The third-order valence-electron chi connectivity index (χ3n) is 7.38. The number of hydrogen-bond donors (Lipinski definition) is 0. The molecule has 3 rings (SSSR count). The molecule has 5 nitrogen and oxygen atoms in total. The zero-order valence-electron chi connectivity index (χ0n) is 20.1. The van der Waals surface area contributed by atoms with Gasteiger partial charge in [-0.25, -0.2) is 4.79 Å². The molecule has 2 heterocycles. The molecule has 0 amide bonds. The van der Waals surface area contributed by atoms with E-state index in [1.165, 1.54) is 0 Å². The fraction of sp³-hybridized carbons (Fsp3) is 0.720. The van der Waals surface area contributed by atoms with E-state index in [4.69, 9.17) is 18.6 Å². The SMILES string of the molecule is CC[C@@H]1CC[C@@]2(C[C@H](O[Si](C)(C)C(C)(C)C)[C@H](COC(=O)c3ccccc3)CO2)OC1. The van der Waals surface area contributed by atoms with Crippen LogP contribution in [0.2, 0.25) is 18.1 Å². The van der Waals surface area contributed by atoms with Gasteiger partial charge < -0.3 is 18.6 Å². The molecule has 174 valence electrons. The number of carbonyl (C=O) groups is 1. The quantitative estimate of drug-likeness (QED) is 0.406. The van der Waals surface area contributed by atoms with E-state index in [-0.39, 0.29) is 23.0 Å². The average Bonchev–Trinajstić information content (AvgIpc) is 2.73. The van der Waals surface area contributed by atoms with Crippen LogP contribution in [0.4, 0.5) is 0 Å². The van der Waals surface area contributed by atoms with Crippen molar-refractivity contribution in [3.63, 3.8) is 0 Å². The van der Waals surface area contributed by atoms with Crippen LogP contribution in [0, 0.1) is 11.8 Å². The topological polar surface area (TPSA) is 54.0 Å². The van der Waals surface area contributed by atoms with Crippen LogP contribution in [0.15, 0.2) is 30.3 Å². The third kappa shape index (κ3) is 5.98. The van der Waals surface area contributed by atoms with Crippen molar-refractivity contribution in [1.82, 2.24) is 0 Å². The summed E-state index contributed by atoms with van der Waals surface area (Å²) in [5.41, 5.74) is 0.568. The van der Waals surface area contributed by atoms with Crippen LogP contribution < -0.4 is 0 Å². The molecule has 0 radical (unpaired) electrons. The lowest BCUT2D eigenvalue weighted by molar-refractivity contribution is -0.305. The van der Waals surface area contributed by atoms with E-state index in [1.807, 2.05) is 18.2 Å². The molecule has 1 aromatic rings. The number of rotatable bonds is 6. The highest BCUT2D eigenvalue weighted by molar-refractivity contribution is 6.74. The summed E-state index contributed by atoms with van der Waals surface area (Å²) in [5.74, 6) is -0.247. The Morgan fingerprint density at radius 3 is 2.42 bits per heavy atom. The Morgan fingerprint density at radius 1 is 1.16 bits per heavy atom. The largest absolute Gasteiger partial charge is 0.462 e. The van der Waals surface area contributed by atoms with Crippen molar-refractivity contribution in [2.45, 2.75) is 83.4 Å². The zero-order valence-corrected chi connectivity index (χ0v) is 21.1. The molecule has 2 fully saturated rings. The Bertz CT molecular complexity index is 719. The lowest BCUT2D eigenvalue weighted by atomic mass is 9.86. The van der Waals surface area contributed by atoms with Gasteiger partial charge in [-0.2, -0.15) is 0 Å². The van der Waals surface area contributed by atoms with E-state index in [0.717, 1.165) is 25.9 Å². The van der Waals surface area contributed by atoms with Crippen molar-refractivity contribution in [2.75, 3.05) is 19.8 Å². The first kappa shape index (κ1) is 24.4. The minimum Gasteiger partial charge on any atom is -0.462 e. The van der Waals surface area contributed by atoms with E-state index in [0.29, 0.717) is 31.1 Å². The van der Waals surface area contributed by atoms with Crippen molar-refractivity contribution >= 4 is 14.3 Å². The lowest BCUT2D eigenvalue weighted by Crippen LogP contribution is -2.56. The van der Waals surface area contributed by atoms with Gasteiger partial charge in [-0.15, -0.1) is 0 Å². The van der Waals surface area contributed by atoms with E-state index in [9.17, 15) is 4.79 Å². The van der Waals surface area contributed by atoms with Crippen molar-refractivity contribution in [1.29, 1.82) is 0 Å². The summed E-state index contributed by atoms with van der Waals surface area (Å²) in [6, 6.07) is 9.13. The first-order chi connectivity index (χ1) is 14.6. The first-order valence-electron chi connectivity index (χ1n) is 11.7. The maximum absolute atomic E-state index is 12.5. The van der Waals surface area contributed by atoms with Crippen molar-refractivity contribution in [3.05, 3.63) is 35.9 Å². The van der Waals surface area contributed by atoms with Gasteiger partial charge in [0.1, 0.15) is 0 Å². The molecule has 6 heteroatoms. The van der Waals surface area contributed by atoms with Gasteiger partial charge in [-0.1, -0.05) is 52.3 Å². The summed E-state index contributed by atoms with van der Waals surface area (Å²) >= 11 is 0. The number of ether oxygens (including phenoxy) is 3. The van der Waals surface area contributed by atoms with Crippen LogP contribution in [-0.2, 0) is 18.6 Å². The van der Waals surface area contributed by atoms with Crippen LogP contribution in [0.1, 0.15) is 63.7 Å². The molecule has 4 atom stereocenters. The van der Waals surface area contributed by atoms with Crippen LogP contribution in [-0.4, -0.2) is 46.0 Å². The fourth-order valence-corrected chi connectivity index (χ4v) is 5.42. The summed E-state index contributed by atoms with van der Waals surface area (Å²) in [4.78, 5) is 12.5. The molecule has 1 aromatic carbocycles. The molecule has 2 aliphatic rings. The van der Waals surface area contributed by atoms with Crippen molar-refractivity contribution in [2.24, 2.45) is 11.8 Å². The van der Waals surface area contributed by atoms with E-state index in [1.54, 1.807) is 12.1 Å². The summed E-state index contributed by atoms with van der Waals surface area (Å²) < 4.78 is 25.1. The van der Waals surface area contributed by atoms with E-state index >= 15 is 0 Å². The van der Waals surface area contributed by atoms with Gasteiger partial charge in [0.15, 0.2) is 14.1 Å². The number of benzene rings is 1. The van der Waals surface area contributed by atoms with Crippen molar-refractivity contribution < 1.29 is 23.4 Å². The van der Waals surface area contributed by atoms with E-state index in [2.05, 4.69) is 40.8 Å². The van der Waals surface area contributed by atoms with Gasteiger partial charge in [-0.3, -0.25) is 0 Å². The van der Waals surface area contributed by atoms with Crippen LogP contribution in [0.3, 0.4) is 0 Å². The molecule has 1 spiro atoms. The second-order valence-corrected chi connectivity index (χ2v) is 15.4. The molecule has 2 saturated heterocycles. The van der Waals surface area contributed by atoms with Crippen LogP contribution in [0.25, 0.3) is 0 Å². The molecule has 0 aromatic heterocycles. The van der Waals surface area contributed by atoms with Gasteiger partial charge in [0.25, 0.3) is 0 Å². The highest BCUT2D eigenvalue weighted by Gasteiger charge is 2.49. The average molecular weight is 449 g/mol. The highest BCUT2D eigenvalue weighted by atomic mass is 28.4. The zero-order chi connectivity index (χ0) is 22.7. The van der Waals surface area contributed by atoms with Gasteiger partial charge in [-0.05, 0) is 42.6 Å². The van der Waals surface area contributed by atoms with Gasteiger partial charge in [0.05, 0.1) is 31.5 Å². The first-order valence-corrected chi connectivity index (χ1v) is 14.6. The van der Waals surface area contributed by atoms with Crippen LogP contribution >= 0.6 is 0 Å². The highest BCUT2D eigenvalue weighted by Crippen LogP contribution is 2.44. The van der Waals surface area contributed by atoms with Crippen LogP contribution in [0.5, 0.6) is 0 Å². The predicted octanol–water partition coefficient (Wildman–Crippen LogP) is 5.80. The van der Waals surface area contributed by atoms with Gasteiger partial charge in [0, 0.05) is 18.8 Å². The summed E-state index contributed by atoms with van der Waals surface area (Å²) in [6.07, 6.45) is 3.81. The summed E-state index contributed by atoms with van der Waals surface area (Å²) in [6.45, 7) is 15.0. The molecule has 0 saturated carbocycles. The Balaban J connectivity index is 1.70. The lowest BCUT2D eigenvalue weighted by Gasteiger charge is -2.50. The Morgan fingerprint density at radius 2 is 1.84 bits per heavy atom. The van der Waals surface area contributed by atoms with Gasteiger partial charge >= 0.3 is 5.97 Å². The Labute approximate surface area is 188 Å². The monoisotopic (exact) mass is 448 g/mol. The second kappa shape index (κ2) is 9.73. The van der Waals surface area contributed by atoms with Crippen molar-refractivity contribution in [3.8, 4) is 0 Å². The predicted molar refractivity (Wildman–Crippen MR) is 125 cm³/mol. The third-order valence-corrected chi connectivity index (χ3v) is 11.9. The smallest absolute Gasteiger partial charge is 0.338 e. The molecule has 0 unspecified atom stereocenters. The molecule has 2 aliphatic heterocycles. The molecule has 31 heavy (non-hydrogen) atoms. The maximum Gasteiger partial charge on any atom is 0.338 e. The van der Waals surface area contributed by atoms with E-state index < -0.39 is 14.1 Å². The molecule has 0 N–H and O–H groups in total. The minimum atomic E-state index is -2.01. The second-order valence-electron chi connectivity index (χ2n) is 10.7. The number of carbonyl (C=O) groups excluding carboxylic acids is 1. The molecular formula is C25H40O5Si. The normalized spacial score (nSPS) is 29.7. The minimum absolute atomic E-state index is 0.0000825. The Kier molecular flexibility index (Phi) is 7.67. The summed E-state index contributed by atoms with van der Waals surface area (Å²) in [7, 11) is -2.01. The maximum atomic E-state index is 12.5. The fourth-order valence-electron chi connectivity index (χ4n) is 4.03. The molecular weight excluding hydrogens is 408 g/mol. The Hall–Kier alpha value is -1.21. The number of hydrogen-bond acceptors (Lipinski definition) is 5. The van der Waals surface area contributed by atoms with Gasteiger partial charge in [0.2, 0.25) is 0 Å². The molecule has 0 bridgehead atoms. The number of esters is 1. The summed E-state index contributed by atoms with van der Waals surface area (Å²) in [5, 5.41) is 0.102. The standard InChI is InChI=1S/C25H40O5Si/c1-7-19-13-14-25(28-16-19)15-22(30-31(5,6)24(2,3)4)21(18-29-25)17-27-23(26)20-11-9-8-10-12-20/h8-12,19,21-22H,7,13-18H2,1-6H3/t19-,21-,22+,25-/m1/s1. The molecule has 0 aliphatic carbocycles.